The third-order valence-corrected chi connectivity index (χ3v) is 8.03. The summed E-state index contributed by atoms with van der Waals surface area (Å²) in [7, 11) is 1.96. The van der Waals surface area contributed by atoms with E-state index < -0.39 is 0 Å². The summed E-state index contributed by atoms with van der Waals surface area (Å²) in [5, 5.41) is 12.9. The van der Waals surface area contributed by atoms with Crippen LogP contribution in [-0.4, -0.2) is 47.0 Å². The van der Waals surface area contributed by atoms with Crippen LogP contribution in [-0.2, 0) is 31.6 Å². The molecule has 2 aromatic heterocycles. The molecule has 216 valence electrons. The minimum atomic E-state index is 0.303. The van der Waals surface area contributed by atoms with E-state index in [9.17, 15) is 0 Å². The molecule has 6 rings (SSSR count). The lowest BCUT2D eigenvalue weighted by atomic mass is 10.1. The SMILES string of the molecule is Cn1nc(-c2ccc(OCc3ccccc3)nc2OCc2ccccc2)c2ccc(Br)c(COC[C@H]3CNCCN3)c21. The molecule has 1 aliphatic rings. The molecule has 1 saturated heterocycles. The molecule has 3 aromatic carbocycles. The lowest BCUT2D eigenvalue weighted by molar-refractivity contribution is 0.0947. The number of aryl methyl sites for hydroxylation is 1. The molecule has 0 aliphatic carbocycles. The number of fused-ring (bicyclic) bond motifs is 1. The topological polar surface area (TPSA) is 82.5 Å². The van der Waals surface area contributed by atoms with Gasteiger partial charge in [-0.1, -0.05) is 76.6 Å². The lowest BCUT2D eigenvalue weighted by Gasteiger charge is -2.24. The van der Waals surface area contributed by atoms with Crippen LogP contribution in [0.15, 0.2) is 89.4 Å². The van der Waals surface area contributed by atoms with Gasteiger partial charge in [0, 0.05) is 54.2 Å². The molecular formula is C33H34BrN5O3. The van der Waals surface area contributed by atoms with Crippen LogP contribution in [0.1, 0.15) is 16.7 Å². The second-order valence-corrected chi connectivity index (χ2v) is 11.2. The standard InChI is InChI=1S/C33H34BrN5O3/c1-39-32-26(12-14-29(34)28(32)22-40-21-25-18-35-16-17-36-25)31(38-39)27-13-15-30(41-19-23-8-4-2-5-9-23)37-33(27)42-20-24-10-6-3-7-11-24/h2-15,25,35-36H,16-22H2,1H3/t25-/m1/s1. The minimum absolute atomic E-state index is 0.303. The van der Waals surface area contributed by atoms with Gasteiger partial charge in [-0.25, -0.2) is 0 Å². The smallest absolute Gasteiger partial charge is 0.226 e. The van der Waals surface area contributed by atoms with Crippen molar-refractivity contribution in [2.24, 2.45) is 7.05 Å². The van der Waals surface area contributed by atoms with Crippen LogP contribution in [0.3, 0.4) is 0 Å². The Bertz CT molecular complexity index is 1620. The van der Waals surface area contributed by atoms with Crippen LogP contribution in [0.2, 0.25) is 0 Å². The molecule has 0 unspecified atom stereocenters. The van der Waals surface area contributed by atoms with E-state index in [1.807, 2.05) is 84.5 Å². The van der Waals surface area contributed by atoms with E-state index in [2.05, 4.69) is 38.7 Å². The maximum atomic E-state index is 6.33. The number of nitrogens with zero attached hydrogens (tertiary/aromatic N) is 3. The summed E-state index contributed by atoms with van der Waals surface area (Å²) in [6.07, 6.45) is 0. The van der Waals surface area contributed by atoms with E-state index in [0.29, 0.717) is 44.2 Å². The number of hydrogen-bond acceptors (Lipinski definition) is 7. The van der Waals surface area contributed by atoms with Crippen molar-refractivity contribution in [3.05, 3.63) is 106 Å². The Kier molecular flexibility index (Phi) is 9.10. The fraction of sp³-hybridized carbons (Fsp3) is 0.273. The first-order chi connectivity index (χ1) is 20.7. The van der Waals surface area contributed by atoms with Gasteiger partial charge in [0.1, 0.15) is 18.9 Å². The number of hydrogen-bond donors (Lipinski definition) is 2. The van der Waals surface area contributed by atoms with Crippen molar-refractivity contribution in [3.8, 4) is 23.0 Å². The van der Waals surface area contributed by atoms with E-state index in [-0.39, 0.29) is 0 Å². The molecule has 2 N–H and O–H groups in total. The van der Waals surface area contributed by atoms with Crippen molar-refractivity contribution in [3.63, 3.8) is 0 Å². The molecule has 5 aromatic rings. The van der Waals surface area contributed by atoms with Crippen molar-refractivity contribution in [1.29, 1.82) is 0 Å². The number of benzene rings is 3. The van der Waals surface area contributed by atoms with E-state index in [1.165, 1.54) is 0 Å². The summed E-state index contributed by atoms with van der Waals surface area (Å²) in [5.74, 6) is 0.967. The highest BCUT2D eigenvalue weighted by Gasteiger charge is 2.21. The van der Waals surface area contributed by atoms with Gasteiger partial charge < -0.3 is 24.8 Å². The summed E-state index contributed by atoms with van der Waals surface area (Å²) in [6.45, 7) is 4.75. The predicted molar refractivity (Wildman–Crippen MR) is 168 cm³/mol. The Hall–Kier alpha value is -3.76. The van der Waals surface area contributed by atoms with Crippen LogP contribution < -0.4 is 20.1 Å². The number of pyridine rings is 1. The van der Waals surface area contributed by atoms with Crippen LogP contribution in [0, 0.1) is 0 Å². The zero-order valence-corrected chi connectivity index (χ0v) is 25.1. The van der Waals surface area contributed by atoms with Gasteiger partial charge in [0.15, 0.2) is 0 Å². The van der Waals surface area contributed by atoms with Gasteiger partial charge in [-0.05, 0) is 29.3 Å². The zero-order valence-electron chi connectivity index (χ0n) is 23.6. The van der Waals surface area contributed by atoms with Crippen LogP contribution in [0.25, 0.3) is 22.2 Å². The molecule has 1 fully saturated rings. The Morgan fingerprint density at radius 1 is 0.857 bits per heavy atom. The van der Waals surface area contributed by atoms with E-state index in [4.69, 9.17) is 24.3 Å². The van der Waals surface area contributed by atoms with Crippen LogP contribution >= 0.6 is 15.9 Å². The molecule has 1 atom stereocenters. The van der Waals surface area contributed by atoms with Gasteiger partial charge in [-0.15, -0.1) is 0 Å². The number of nitrogens with one attached hydrogen (secondary N) is 2. The lowest BCUT2D eigenvalue weighted by Crippen LogP contribution is -2.50. The Morgan fingerprint density at radius 2 is 1.60 bits per heavy atom. The van der Waals surface area contributed by atoms with Gasteiger partial charge in [0.05, 0.1) is 24.3 Å². The summed E-state index contributed by atoms with van der Waals surface area (Å²) in [4.78, 5) is 4.80. The molecule has 0 saturated carbocycles. The molecule has 0 bridgehead atoms. The van der Waals surface area contributed by atoms with Gasteiger partial charge in [-0.3, -0.25) is 4.68 Å². The quantitative estimate of drug-likeness (QED) is 0.196. The van der Waals surface area contributed by atoms with Crippen molar-refractivity contribution in [1.82, 2.24) is 25.4 Å². The van der Waals surface area contributed by atoms with Gasteiger partial charge in [-0.2, -0.15) is 10.1 Å². The normalized spacial score (nSPS) is 15.1. The van der Waals surface area contributed by atoms with Gasteiger partial charge in [0.25, 0.3) is 0 Å². The first-order valence-electron chi connectivity index (χ1n) is 14.2. The summed E-state index contributed by atoms with van der Waals surface area (Å²) in [5.41, 5.74) is 5.78. The van der Waals surface area contributed by atoms with Gasteiger partial charge in [0.2, 0.25) is 11.8 Å². The highest BCUT2D eigenvalue weighted by atomic mass is 79.9. The van der Waals surface area contributed by atoms with Crippen molar-refractivity contribution in [2.75, 3.05) is 26.2 Å². The highest BCUT2D eigenvalue weighted by Crippen LogP contribution is 2.38. The van der Waals surface area contributed by atoms with E-state index in [1.54, 1.807) is 0 Å². The second-order valence-electron chi connectivity index (χ2n) is 10.3. The zero-order chi connectivity index (χ0) is 28.7. The maximum absolute atomic E-state index is 6.33. The fourth-order valence-corrected chi connectivity index (χ4v) is 5.58. The van der Waals surface area contributed by atoms with Crippen molar-refractivity contribution < 1.29 is 14.2 Å². The molecule has 8 nitrogen and oxygen atoms in total. The maximum Gasteiger partial charge on any atom is 0.226 e. The highest BCUT2D eigenvalue weighted by molar-refractivity contribution is 9.10. The summed E-state index contributed by atoms with van der Waals surface area (Å²) >= 11 is 3.75. The molecule has 0 radical (unpaired) electrons. The predicted octanol–water partition coefficient (Wildman–Crippen LogP) is 5.63. The van der Waals surface area contributed by atoms with Crippen LogP contribution in [0.4, 0.5) is 0 Å². The monoisotopic (exact) mass is 627 g/mol. The first-order valence-corrected chi connectivity index (χ1v) is 15.0. The van der Waals surface area contributed by atoms with Crippen molar-refractivity contribution in [2.45, 2.75) is 25.9 Å². The average molecular weight is 629 g/mol. The largest absolute Gasteiger partial charge is 0.473 e. The van der Waals surface area contributed by atoms with E-state index in [0.717, 1.165) is 63.0 Å². The third-order valence-electron chi connectivity index (χ3n) is 7.28. The molecule has 9 heteroatoms. The summed E-state index contributed by atoms with van der Waals surface area (Å²) in [6, 6.07) is 28.4. The van der Waals surface area contributed by atoms with Crippen molar-refractivity contribution >= 4 is 26.8 Å². The molecule has 0 amide bonds. The second kappa shape index (κ2) is 13.5. The third kappa shape index (κ3) is 6.65. The Balaban J connectivity index is 1.30. The van der Waals surface area contributed by atoms with Gasteiger partial charge >= 0.3 is 0 Å². The molecular weight excluding hydrogens is 594 g/mol. The van der Waals surface area contributed by atoms with Crippen LogP contribution in [0.5, 0.6) is 11.8 Å². The number of piperazine rings is 1. The number of aromatic nitrogens is 3. The number of rotatable bonds is 11. The number of ether oxygens (including phenoxy) is 3. The summed E-state index contributed by atoms with van der Waals surface area (Å²) < 4.78 is 21.5. The average Bonchev–Trinajstić information content (AvgIpc) is 3.37. The molecule has 42 heavy (non-hydrogen) atoms. The molecule has 1 aliphatic heterocycles. The molecule has 0 spiro atoms. The first kappa shape index (κ1) is 28.4. The minimum Gasteiger partial charge on any atom is -0.473 e. The Morgan fingerprint density at radius 3 is 2.31 bits per heavy atom. The number of halogens is 1. The molecule has 3 heterocycles. The Labute approximate surface area is 254 Å². The fourth-order valence-electron chi connectivity index (χ4n) is 5.15. The van der Waals surface area contributed by atoms with E-state index >= 15 is 0 Å².